The van der Waals surface area contributed by atoms with Crippen LogP contribution < -0.4 is 5.32 Å². The van der Waals surface area contributed by atoms with Crippen molar-refractivity contribution in [3.63, 3.8) is 0 Å². The van der Waals surface area contributed by atoms with E-state index in [0.717, 1.165) is 24.1 Å². The van der Waals surface area contributed by atoms with Gasteiger partial charge in [-0.15, -0.1) is 0 Å². The molecule has 19 heavy (non-hydrogen) atoms. The van der Waals surface area contributed by atoms with Crippen molar-refractivity contribution in [1.82, 2.24) is 5.32 Å². The number of hydrogen-bond acceptors (Lipinski definition) is 1. The molecular formula is C16H23F2N. The normalized spacial score (nSPS) is 27.5. The quantitative estimate of drug-likeness (QED) is 0.871. The molecule has 0 aliphatic heterocycles. The summed E-state index contributed by atoms with van der Waals surface area (Å²) in [5.41, 5.74) is 0.724. The Balaban J connectivity index is 1.80. The van der Waals surface area contributed by atoms with Crippen LogP contribution in [0.1, 0.15) is 38.7 Å². The highest BCUT2D eigenvalue weighted by Gasteiger charge is 2.24. The number of benzene rings is 1. The van der Waals surface area contributed by atoms with Gasteiger partial charge in [-0.2, -0.15) is 0 Å². The molecular weight excluding hydrogens is 244 g/mol. The fraction of sp³-hybridized carbons (Fsp3) is 0.625. The molecule has 0 amide bonds. The zero-order chi connectivity index (χ0) is 13.8. The smallest absolute Gasteiger partial charge is 0.126 e. The number of nitrogens with one attached hydrogen (secondary N) is 1. The fourth-order valence-corrected chi connectivity index (χ4v) is 3.13. The molecule has 0 aromatic heterocycles. The van der Waals surface area contributed by atoms with Gasteiger partial charge in [0.25, 0.3) is 0 Å². The standard InChI is InChI=1S/C16H23F2N/c1-11-3-4-16(12(2)7-11)19-6-5-13-8-14(17)10-15(18)9-13/h8-12,16,19H,3-7H2,1-2H3. The molecule has 3 atom stereocenters. The van der Waals surface area contributed by atoms with Gasteiger partial charge < -0.3 is 5.32 Å². The minimum Gasteiger partial charge on any atom is -0.313 e. The summed E-state index contributed by atoms with van der Waals surface area (Å²) in [6, 6.07) is 4.30. The highest BCUT2D eigenvalue weighted by Crippen LogP contribution is 2.28. The zero-order valence-electron chi connectivity index (χ0n) is 11.8. The third-order valence-electron chi connectivity index (χ3n) is 4.17. The van der Waals surface area contributed by atoms with Crippen molar-refractivity contribution in [2.75, 3.05) is 6.54 Å². The molecule has 1 N–H and O–H groups in total. The van der Waals surface area contributed by atoms with E-state index in [9.17, 15) is 8.78 Å². The van der Waals surface area contributed by atoms with Crippen molar-refractivity contribution in [2.24, 2.45) is 11.8 Å². The summed E-state index contributed by atoms with van der Waals surface area (Å²) in [6.45, 7) is 5.38. The first-order chi connectivity index (χ1) is 9.04. The molecule has 3 heteroatoms. The van der Waals surface area contributed by atoms with Crippen LogP contribution in [0.4, 0.5) is 8.78 Å². The Morgan fingerprint density at radius 3 is 2.42 bits per heavy atom. The molecule has 1 aromatic carbocycles. The van der Waals surface area contributed by atoms with Gasteiger partial charge >= 0.3 is 0 Å². The highest BCUT2D eigenvalue weighted by molar-refractivity contribution is 5.18. The molecule has 106 valence electrons. The van der Waals surface area contributed by atoms with E-state index in [0.29, 0.717) is 18.4 Å². The lowest BCUT2D eigenvalue weighted by molar-refractivity contribution is 0.229. The minimum atomic E-state index is -0.491. The molecule has 1 aliphatic rings. The maximum absolute atomic E-state index is 13.1. The van der Waals surface area contributed by atoms with Gasteiger partial charge in [0.15, 0.2) is 0 Å². The summed E-state index contributed by atoms with van der Waals surface area (Å²) >= 11 is 0. The molecule has 3 unspecified atom stereocenters. The first kappa shape index (κ1) is 14.4. The largest absolute Gasteiger partial charge is 0.313 e. The first-order valence-corrected chi connectivity index (χ1v) is 7.23. The van der Waals surface area contributed by atoms with Crippen molar-refractivity contribution in [3.05, 3.63) is 35.4 Å². The Kier molecular flexibility index (Phi) is 4.92. The number of hydrogen-bond donors (Lipinski definition) is 1. The van der Waals surface area contributed by atoms with Crippen molar-refractivity contribution in [1.29, 1.82) is 0 Å². The Morgan fingerprint density at radius 1 is 1.11 bits per heavy atom. The highest BCUT2D eigenvalue weighted by atomic mass is 19.1. The second-order valence-corrected chi connectivity index (χ2v) is 5.98. The third kappa shape index (κ3) is 4.27. The Hall–Kier alpha value is -0.960. The minimum absolute atomic E-state index is 0.491. The average Bonchev–Trinajstić information content (AvgIpc) is 2.30. The predicted octanol–water partition coefficient (Wildman–Crippen LogP) is 3.92. The predicted molar refractivity (Wildman–Crippen MR) is 74.0 cm³/mol. The molecule has 1 aliphatic carbocycles. The van der Waals surface area contributed by atoms with Gasteiger partial charge in [0.2, 0.25) is 0 Å². The van der Waals surface area contributed by atoms with Crippen LogP contribution in [-0.2, 0) is 6.42 Å². The summed E-state index contributed by atoms with van der Waals surface area (Å²) in [6.07, 6.45) is 4.43. The van der Waals surface area contributed by atoms with E-state index in [1.54, 1.807) is 0 Å². The Labute approximate surface area is 114 Å². The van der Waals surface area contributed by atoms with E-state index < -0.39 is 11.6 Å². The molecule has 0 saturated heterocycles. The van der Waals surface area contributed by atoms with Crippen LogP contribution in [0.2, 0.25) is 0 Å². The maximum Gasteiger partial charge on any atom is 0.126 e. The van der Waals surface area contributed by atoms with Gasteiger partial charge in [0.1, 0.15) is 11.6 Å². The van der Waals surface area contributed by atoms with Crippen molar-refractivity contribution in [3.8, 4) is 0 Å². The lowest BCUT2D eigenvalue weighted by atomic mass is 9.80. The number of halogens is 2. The van der Waals surface area contributed by atoms with Crippen LogP contribution in [-0.4, -0.2) is 12.6 Å². The summed E-state index contributed by atoms with van der Waals surface area (Å²) in [7, 11) is 0. The molecule has 1 aromatic rings. The molecule has 2 rings (SSSR count). The van der Waals surface area contributed by atoms with Crippen molar-refractivity contribution in [2.45, 2.75) is 45.6 Å². The fourth-order valence-electron chi connectivity index (χ4n) is 3.13. The van der Waals surface area contributed by atoms with Gasteiger partial charge in [-0.1, -0.05) is 13.8 Å². The second kappa shape index (κ2) is 6.47. The molecule has 0 spiro atoms. The van der Waals surface area contributed by atoms with E-state index in [2.05, 4.69) is 19.2 Å². The Morgan fingerprint density at radius 2 is 1.79 bits per heavy atom. The topological polar surface area (TPSA) is 12.0 Å². The van der Waals surface area contributed by atoms with Gasteiger partial charge in [0, 0.05) is 12.1 Å². The van der Waals surface area contributed by atoms with Gasteiger partial charge in [-0.05, 0) is 61.8 Å². The van der Waals surface area contributed by atoms with Crippen LogP contribution in [0, 0.1) is 23.5 Å². The molecule has 0 heterocycles. The molecule has 1 saturated carbocycles. The van der Waals surface area contributed by atoms with Crippen LogP contribution in [0.15, 0.2) is 18.2 Å². The van der Waals surface area contributed by atoms with Crippen LogP contribution in [0.25, 0.3) is 0 Å². The van der Waals surface area contributed by atoms with Gasteiger partial charge in [-0.25, -0.2) is 8.78 Å². The van der Waals surface area contributed by atoms with Crippen molar-refractivity contribution >= 4 is 0 Å². The molecule has 1 fully saturated rings. The molecule has 1 nitrogen and oxygen atoms in total. The average molecular weight is 267 g/mol. The maximum atomic E-state index is 13.1. The third-order valence-corrected chi connectivity index (χ3v) is 4.17. The Bertz CT molecular complexity index is 399. The lowest BCUT2D eigenvalue weighted by Crippen LogP contribution is -2.39. The summed E-state index contributed by atoms with van der Waals surface area (Å²) in [5, 5.41) is 3.53. The van der Waals surface area contributed by atoms with Crippen LogP contribution in [0.5, 0.6) is 0 Å². The van der Waals surface area contributed by atoms with Gasteiger partial charge in [0.05, 0.1) is 0 Å². The monoisotopic (exact) mass is 267 g/mol. The van der Waals surface area contributed by atoms with E-state index in [4.69, 9.17) is 0 Å². The lowest BCUT2D eigenvalue weighted by Gasteiger charge is -2.33. The first-order valence-electron chi connectivity index (χ1n) is 7.23. The van der Waals surface area contributed by atoms with E-state index >= 15 is 0 Å². The SMILES string of the molecule is CC1CCC(NCCc2cc(F)cc(F)c2)C(C)C1. The number of rotatable bonds is 4. The molecule has 0 bridgehead atoms. The second-order valence-electron chi connectivity index (χ2n) is 5.98. The summed E-state index contributed by atoms with van der Waals surface area (Å²) in [5.74, 6) is 0.531. The van der Waals surface area contributed by atoms with E-state index in [1.807, 2.05) is 0 Å². The summed E-state index contributed by atoms with van der Waals surface area (Å²) in [4.78, 5) is 0. The van der Waals surface area contributed by atoms with E-state index in [-0.39, 0.29) is 0 Å². The molecule has 0 radical (unpaired) electrons. The van der Waals surface area contributed by atoms with Gasteiger partial charge in [-0.3, -0.25) is 0 Å². The van der Waals surface area contributed by atoms with Crippen molar-refractivity contribution < 1.29 is 8.78 Å². The van der Waals surface area contributed by atoms with Crippen LogP contribution in [0.3, 0.4) is 0 Å². The zero-order valence-corrected chi connectivity index (χ0v) is 11.8. The van der Waals surface area contributed by atoms with E-state index in [1.165, 1.54) is 31.4 Å². The van der Waals surface area contributed by atoms with Crippen LogP contribution >= 0.6 is 0 Å². The summed E-state index contributed by atoms with van der Waals surface area (Å²) < 4.78 is 26.1.